The lowest BCUT2D eigenvalue weighted by molar-refractivity contribution is 0.598. The highest BCUT2D eigenvalue weighted by Gasteiger charge is 2.20. The molecule has 0 amide bonds. The van der Waals surface area contributed by atoms with Crippen LogP contribution in [0.5, 0.6) is 0 Å². The van der Waals surface area contributed by atoms with Gasteiger partial charge in [-0.3, -0.25) is 4.72 Å². The number of nitrogens with zero attached hydrogens (tertiary/aromatic N) is 1. The van der Waals surface area contributed by atoms with E-state index in [0.29, 0.717) is 17.9 Å². The van der Waals surface area contributed by atoms with Gasteiger partial charge in [0.25, 0.3) is 10.0 Å². The third-order valence-electron chi connectivity index (χ3n) is 3.04. The summed E-state index contributed by atoms with van der Waals surface area (Å²) >= 11 is 0. The quantitative estimate of drug-likeness (QED) is 0.861. The van der Waals surface area contributed by atoms with Gasteiger partial charge >= 0.3 is 0 Å². The number of nitrogens with one attached hydrogen (secondary N) is 2. The Kier molecular flexibility index (Phi) is 4.80. The molecule has 1 aromatic heterocycles. The fourth-order valence-electron chi connectivity index (χ4n) is 2.05. The summed E-state index contributed by atoms with van der Waals surface area (Å²) in [4.78, 5) is 4.01. The van der Waals surface area contributed by atoms with Crippen LogP contribution in [0.1, 0.15) is 19.4 Å². The third kappa shape index (κ3) is 3.52. The molecule has 0 fully saturated rings. The molecule has 0 radical (unpaired) electrons. The zero-order valence-electron chi connectivity index (χ0n) is 12.1. The van der Waals surface area contributed by atoms with E-state index in [-0.39, 0.29) is 5.03 Å². The highest BCUT2D eigenvalue weighted by Crippen LogP contribution is 2.23. The molecule has 0 saturated heterocycles. The van der Waals surface area contributed by atoms with Gasteiger partial charge in [-0.25, -0.2) is 4.98 Å². The van der Waals surface area contributed by atoms with Crippen molar-refractivity contribution in [1.29, 1.82) is 0 Å². The molecular weight excluding hydrogens is 286 g/mol. The first kappa shape index (κ1) is 15.3. The topological polar surface area (TPSA) is 71.1 Å². The maximum Gasteiger partial charge on any atom is 0.281 e. The van der Waals surface area contributed by atoms with Crippen LogP contribution in [-0.4, -0.2) is 19.9 Å². The highest BCUT2D eigenvalue weighted by molar-refractivity contribution is 7.92. The Hall–Kier alpha value is -2.08. The number of benzene rings is 1. The average Bonchev–Trinajstić information content (AvgIpc) is 2.48. The molecule has 1 heterocycles. The minimum Gasteiger partial charge on any atom is -0.383 e. The molecule has 2 N–H and O–H groups in total. The molecule has 6 heteroatoms. The lowest BCUT2D eigenvalue weighted by atomic mass is 10.1. The van der Waals surface area contributed by atoms with Gasteiger partial charge in [0.2, 0.25) is 0 Å². The van der Waals surface area contributed by atoms with Crippen LogP contribution in [0.15, 0.2) is 47.6 Å². The van der Waals surface area contributed by atoms with Crippen molar-refractivity contribution in [2.24, 2.45) is 0 Å². The molecule has 0 aliphatic carbocycles. The first-order chi connectivity index (χ1) is 10.1. The van der Waals surface area contributed by atoms with E-state index in [0.717, 1.165) is 12.0 Å². The lowest BCUT2D eigenvalue weighted by Crippen LogP contribution is -2.17. The van der Waals surface area contributed by atoms with Gasteiger partial charge in [-0.15, -0.1) is 0 Å². The van der Waals surface area contributed by atoms with E-state index in [1.807, 2.05) is 26.0 Å². The fraction of sp³-hybridized carbons (Fsp3) is 0.267. The maximum atomic E-state index is 12.6. The summed E-state index contributed by atoms with van der Waals surface area (Å²) in [5, 5.41) is 3.03. The largest absolute Gasteiger partial charge is 0.383 e. The standard InChI is InChI=1S/C15H19N3O2S/c1-3-12-8-5-6-9-13(12)18-21(19,20)15-14(16-4-2)10-7-11-17-15/h5-11,16,18H,3-4H2,1-2H3. The van der Waals surface area contributed by atoms with E-state index in [9.17, 15) is 8.42 Å². The van der Waals surface area contributed by atoms with Gasteiger partial charge in [-0.2, -0.15) is 8.42 Å². The predicted molar refractivity (Wildman–Crippen MR) is 85.0 cm³/mol. The molecule has 0 bridgehead atoms. The molecule has 0 unspecified atom stereocenters. The van der Waals surface area contributed by atoms with Crippen LogP contribution in [-0.2, 0) is 16.4 Å². The Labute approximate surface area is 125 Å². The number of aryl methyl sites for hydroxylation is 1. The summed E-state index contributed by atoms with van der Waals surface area (Å²) in [6.07, 6.45) is 2.22. The van der Waals surface area contributed by atoms with Crippen LogP contribution in [0.3, 0.4) is 0 Å². The van der Waals surface area contributed by atoms with Gasteiger partial charge < -0.3 is 5.32 Å². The van der Waals surface area contributed by atoms with Gasteiger partial charge in [0, 0.05) is 12.7 Å². The predicted octanol–water partition coefficient (Wildman–Crippen LogP) is 2.88. The van der Waals surface area contributed by atoms with Crippen molar-refractivity contribution < 1.29 is 8.42 Å². The van der Waals surface area contributed by atoms with Crippen molar-refractivity contribution in [3.05, 3.63) is 48.2 Å². The number of pyridine rings is 1. The number of hydrogen-bond acceptors (Lipinski definition) is 4. The van der Waals surface area contributed by atoms with Crippen LogP contribution in [0.4, 0.5) is 11.4 Å². The lowest BCUT2D eigenvalue weighted by Gasteiger charge is -2.13. The minimum atomic E-state index is -3.72. The smallest absolute Gasteiger partial charge is 0.281 e. The monoisotopic (exact) mass is 305 g/mol. The van der Waals surface area contributed by atoms with Gasteiger partial charge in [0.05, 0.1) is 11.4 Å². The second kappa shape index (κ2) is 6.58. The van der Waals surface area contributed by atoms with Crippen molar-refractivity contribution in [3.8, 4) is 0 Å². The van der Waals surface area contributed by atoms with E-state index in [2.05, 4.69) is 15.0 Å². The van der Waals surface area contributed by atoms with Gasteiger partial charge in [-0.1, -0.05) is 25.1 Å². The Bertz CT molecular complexity index is 714. The molecule has 0 aliphatic rings. The van der Waals surface area contributed by atoms with Crippen LogP contribution >= 0.6 is 0 Å². The first-order valence-corrected chi connectivity index (χ1v) is 8.36. The van der Waals surface area contributed by atoms with Crippen LogP contribution in [0.2, 0.25) is 0 Å². The first-order valence-electron chi connectivity index (χ1n) is 6.88. The van der Waals surface area contributed by atoms with Crippen molar-refractivity contribution >= 4 is 21.4 Å². The van der Waals surface area contributed by atoms with Crippen molar-refractivity contribution in [2.75, 3.05) is 16.6 Å². The molecule has 5 nitrogen and oxygen atoms in total. The van der Waals surface area contributed by atoms with E-state index in [4.69, 9.17) is 0 Å². The fourth-order valence-corrected chi connectivity index (χ4v) is 3.27. The zero-order valence-corrected chi connectivity index (χ0v) is 12.9. The number of rotatable bonds is 6. The van der Waals surface area contributed by atoms with Crippen molar-refractivity contribution in [2.45, 2.75) is 25.3 Å². The molecule has 0 aliphatic heterocycles. The van der Waals surface area contributed by atoms with Crippen LogP contribution < -0.4 is 10.0 Å². The average molecular weight is 305 g/mol. The molecule has 0 spiro atoms. The minimum absolute atomic E-state index is 0.0118. The normalized spacial score (nSPS) is 11.1. The molecule has 112 valence electrons. The number of hydrogen-bond donors (Lipinski definition) is 2. The Morgan fingerprint density at radius 3 is 2.48 bits per heavy atom. The Morgan fingerprint density at radius 2 is 1.76 bits per heavy atom. The molecule has 2 rings (SSSR count). The summed E-state index contributed by atoms with van der Waals surface area (Å²) < 4.78 is 27.7. The number of aromatic nitrogens is 1. The molecular formula is C15H19N3O2S. The van der Waals surface area contributed by atoms with E-state index in [1.165, 1.54) is 6.20 Å². The third-order valence-corrected chi connectivity index (χ3v) is 4.36. The summed E-state index contributed by atoms with van der Waals surface area (Å²) in [5.74, 6) is 0. The molecule has 2 aromatic rings. The van der Waals surface area contributed by atoms with Crippen molar-refractivity contribution in [1.82, 2.24) is 4.98 Å². The summed E-state index contributed by atoms with van der Waals surface area (Å²) in [6, 6.07) is 10.8. The summed E-state index contributed by atoms with van der Waals surface area (Å²) in [6.45, 7) is 4.51. The number of anilines is 2. The second-order valence-electron chi connectivity index (χ2n) is 4.50. The SMILES string of the molecule is CCNc1cccnc1S(=O)(=O)Nc1ccccc1CC. The number of sulfonamides is 1. The van der Waals surface area contributed by atoms with Gasteiger partial charge in [0.15, 0.2) is 5.03 Å². The molecule has 0 saturated carbocycles. The highest BCUT2D eigenvalue weighted by atomic mass is 32.2. The zero-order chi connectivity index (χ0) is 15.3. The number of para-hydroxylation sites is 1. The van der Waals surface area contributed by atoms with E-state index in [1.54, 1.807) is 24.3 Å². The van der Waals surface area contributed by atoms with Crippen molar-refractivity contribution in [3.63, 3.8) is 0 Å². The van der Waals surface area contributed by atoms with Crippen LogP contribution in [0, 0.1) is 0 Å². The molecule has 1 aromatic carbocycles. The molecule has 21 heavy (non-hydrogen) atoms. The second-order valence-corrected chi connectivity index (χ2v) is 6.10. The van der Waals surface area contributed by atoms with Gasteiger partial charge in [0.1, 0.15) is 0 Å². The van der Waals surface area contributed by atoms with E-state index < -0.39 is 10.0 Å². The summed E-state index contributed by atoms with van der Waals surface area (Å²) in [7, 11) is -3.72. The molecule has 0 atom stereocenters. The summed E-state index contributed by atoms with van der Waals surface area (Å²) in [5.41, 5.74) is 2.04. The van der Waals surface area contributed by atoms with Crippen LogP contribution in [0.25, 0.3) is 0 Å². The Morgan fingerprint density at radius 1 is 1.05 bits per heavy atom. The maximum absolute atomic E-state index is 12.6. The Balaban J connectivity index is 2.39. The van der Waals surface area contributed by atoms with E-state index >= 15 is 0 Å². The van der Waals surface area contributed by atoms with Gasteiger partial charge in [-0.05, 0) is 37.1 Å².